The van der Waals surface area contributed by atoms with Gasteiger partial charge < -0.3 is 10.2 Å². The number of fused-ring (bicyclic) bond motifs is 1. The first-order chi connectivity index (χ1) is 13.1. The van der Waals surface area contributed by atoms with Crippen molar-refractivity contribution in [2.45, 2.75) is 91.0 Å². The molecule has 1 aromatic rings. The molecule has 4 nitrogen and oxygen atoms in total. The fourth-order valence-corrected chi connectivity index (χ4v) is 4.00. The van der Waals surface area contributed by atoms with Crippen molar-refractivity contribution in [3.8, 4) is 0 Å². The molecule has 1 aliphatic rings. The van der Waals surface area contributed by atoms with Gasteiger partial charge in [0, 0.05) is 19.0 Å². The summed E-state index contributed by atoms with van der Waals surface area (Å²) in [5, 5.41) is 2.81. The minimum atomic E-state index is -0.527. The van der Waals surface area contributed by atoms with Gasteiger partial charge in [-0.3, -0.25) is 9.59 Å². The van der Waals surface area contributed by atoms with Crippen molar-refractivity contribution in [1.29, 1.82) is 0 Å². The Kier molecular flexibility index (Phi) is 8.83. The number of para-hydroxylation sites is 1. The van der Waals surface area contributed by atoms with E-state index in [2.05, 4.69) is 12.2 Å². The second-order valence-corrected chi connectivity index (χ2v) is 7.82. The van der Waals surface area contributed by atoms with Gasteiger partial charge in [-0.05, 0) is 18.9 Å². The molecule has 0 bridgehead atoms. The molecular weight excluding hydrogens is 336 g/mol. The number of aryl methyl sites for hydroxylation is 1. The van der Waals surface area contributed by atoms with Gasteiger partial charge in [-0.2, -0.15) is 0 Å². The Morgan fingerprint density at radius 1 is 1.00 bits per heavy atom. The van der Waals surface area contributed by atoms with E-state index in [4.69, 9.17) is 0 Å². The monoisotopic (exact) mass is 372 g/mol. The standard InChI is InChI=1S/C23H36N2O2/c1-4-5-6-7-8-9-10-11-12-13-17-25-22-18(2)15-14-16-20(22)21(23(25)27)24-19(3)26/h14-16,21H,4-13,17H2,1-3H3,(H,24,26). The zero-order chi connectivity index (χ0) is 19.6. The molecule has 150 valence electrons. The molecule has 1 unspecified atom stereocenters. The van der Waals surface area contributed by atoms with E-state index in [0.717, 1.165) is 36.2 Å². The van der Waals surface area contributed by atoms with Crippen LogP contribution in [-0.2, 0) is 9.59 Å². The summed E-state index contributed by atoms with van der Waals surface area (Å²) in [6.45, 7) is 6.49. The van der Waals surface area contributed by atoms with Gasteiger partial charge in [0.2, 0.25) is 5.91 Å². The molecular formula is C23H36N2O2. The van der Waals surface area contributed by atoms with Crippen LogP contribution in [0.3, 0.4) is 0 Å². The lowest BCUT2D eigenvalue weighted by Gasteiger charge is -2.19. The number of carbonyl (C=O) groups excluding carboxylic acids is 2. The van der Waals surface area contributed by atoms with Crippen molar-refractivity contribution >= 4 is 17.5 Å². The van der Waals surface area contributed by atoms with E-state index in [-0.39, 0.29) is 11.8 Å². The van der Waals surface area contributed by atoms with Crippen LogP contribution >= 0.6 is 0 Å². The maximum Gasteiger partial charge on any atom is 0.254 e. The van der Waals surface area contributed by atoms with E-state index in [1.807, 2.05) is 30.0 Å². The number of hydrogen-bond donors (Lipinski definition) is 1. The molecule has 0 aromatic heterocycles. The second-order valence-electron chi connectivity index (χ2n) is 7.82. The Morgan fingerprint density at radius 3 is 2.19 bits per heavy atom. The zero-order valence-corrected chi connectivity index (χ0v) is 17.4. The van der Waals surface area contributed by atoms with Gasteiger partial charge in [-0.25, -0.2) is 0 Å². The fourth-order valence-electron chi connectivity index (χ4n) is 4.00. The molecule has 4 heteroatoms. The molecule has 1 aromatic carbocycles. The van der Waals surface area contributed by atoms with Crippen molar-refractivity contribution in [1.82, 2.24) is 5.32 Å². The fraction of sp³-hybridized carbons (Fsp3) is 0.652. The first-order valence-corrected chi connectivity index (χ1v) is 10.7. The van der Waals surface area contributed by atoms with Crippen LogP contribution in [0.15, 0.2) is 18.2 Å². The lowest BCUT2D eigenvalue weighted by Crippen LogP contribution is -2.37. The molecule has 1 N–H and O–H groups in total. The summed E-state index contributed by atoms with van der Waals surface area (Å²) in [4.78, 5) is 26.2. The van der Waals surface area contributed by atoms with E-state index in [9.17, 15) is 9.59 Å². The van der Waals surface area contributed by atoms with Crippen LogP contribution in [-0.4, -0.2) is 18.4 Å². The van der Waals surface area contributed by atoms with E-state index >= 15 is 0 Å². The summed E-state index contributed by atoms with van der Waals surface area (Å²) in [7, 11) is 0. The number of amides is 2. The third kappa shape index (κ3) is 6.08. The predicted octanol–water partition coefficient (Wildman–Crippen LogP) is 5.44. The van der Waals surface area contributed by atoms with Gasteiger partial charge in [-0.15, -0.1) is 0 Å². The summed E-state index contributed by atoms with van der Waals surface area (Å²) in [5.41, 5.74) is 3.03. The van der Waals surface area contributed by atoms with Crippen LogP contribution in [0.1, 0.15) is 95.2 Å². The van der Waals surface area contributed by atoms with Crippen molar-refractivity contribution in [3.05, 3.63) is 29.3 Å². The average Bonchev–Trinajstić information content (AvgIpc) is 2.89. The highest BCUT2D eigenvalue weighted by Crippen LogP contribution is 2.38. The number of carbonyl (C=O) groups is 2. The number of nitrogens with one attached hydrogen (secondary N) is 1. The Hall–Kier alpha value is -1.84. The molecule has 1 heterocycles. The highest BCUT2D eigenvalue weighted by molar-refractivity contribution is 6.06. The summed E-state index contributed by atoms with van der Waals surface area (Å²) in [6, 6.07) is 5.42. The van der Waals surface area contributed by atoms with Crippen molar-refractivity contribution < 1.29 is 9.59 Å². The van der Waals surface area contributed by atoms with Gasteiger partial charge >= 0.3 is 0 Å². The lowest BCUT2D eigenvalue weighted by atomic mass is 10.0. The summed E-state index contributed by atoms with van der Waals surface area (Å²) < 4.78 is 0. The first kappa shape index (κ1) is 21.5. The van der Waals surface area contributed by atoms with Crippen LogP contribution in [0, 0.1) is 6.92 Å². The molecule has 2 amide bonds. The highest BCUT2D eigenvalue weighted by Gasteiger charge is 2.38. The van der Waals surface area contributed by atoms with Crippen LogP contribution < -0.4 is 10.2 Å². The summed E-state index contributed by atoms with van der Waals surface area (Å²) >= 11 is 0. The van der Waals surface area contributed by atoms with Gasteiger partial charge in [-0.1, -0.05) is 82.9 Å². The van der Waals surface area contributed by atoms with Crippen LogP contribution in [0.2, 0.25) is 0 Å². The van der Waals surface area contributed by atoms with Gasteiger partial charge in [0.1, 0.15) is 6.04 Å². The molecule has 2 rings (SSSR count). The topological polar surface area (TPSA) is 49.4 Å². The Bertz CT molecular complexity index is 627. The minimum absolute atomic E-state index is 0.00502. The molecule has 27 heavy (non-hydrogen) atoms. The maximum absolute atomic E-state index is 12.9. The molecule has 0 radical (unpaired) electrons. The molecule has 0 fully saturated rings. The number of rotatable bonds is 12. The molecule has 1 aliphatic heterocycles. The molecule has 0 saturated carbocycles. The van der Waals surface area contributed by atoms with Gasteiger partial charge in [0.25, 0.3) is 5.91 Å². The van der Waals surface area contributed by atoms with Crippen molar-refractivity contribution in [2.24, 2.45) is 0 Å². The quantitative estimate of drug-likeness (QED) is 0.497. The zero-order valence-electron chi connectivity index (χ0n) is 17.4. The molecule has 0 saturated heterocycles. The van der Waals surface area contributed by atoms with Gasteiger partial charge in [0.15, 0.2) is 0 Å². The predicted molar refractivity (Wildman–Crippen MR) is 112 cm³/mol. The SMILES string of the molecule is CCCCCCCCCCCCN1C(=O)C(NC(C)=O)c2cccc(C)c21. The smallest absolute Gasteiger partial charge is 0.254 e. The molecule has 0 aliphatic carbocycles. The number of unbranched alkanes of at least 4 members (excludes halogenated alkanes) is 9. The average molecular weight is 373 g/mol. The lowest BCUT2D eigenvalue weighted by molar-refractivity contribution is -0.126. The summed E-state index contributed by atoms with van der Waals surface area (Å²) in [6.07, 6.45) is 12.8. The minimum Gasteiger partial charge on any atom is -0.341 e. The van der Waals surface area contributed by atoms with Crippen LogP contribution in [0.4, 0.5) is 5.69 Å². The maximum atomic E-state index is 12.9. The van der Waals surface area contributed by atoms with E-state index in [1.54, 1.807) is 0 Å². The van der Waals surface area contributed by atoms with Gasteiger partial charge in [0.05, 0.1) is 5.69 Å². The molecule has 0 spiro atoms. The number of benzene rings is 1. The Labute approximate surface area is 164 Å². The number of nitrogens with zero attached hydrogens (tertiary/aromatic N) is 1. The molecule has 1 atom stereocenters. The van der Waals surface area contributed by atoms with Crippen LogP contribution in [0.25, 0.3) is 0 Å². The van der Waals surface area contributed by atoms with E-state index < -0.39 is 6.04 Å². The first-order valence-electron chi connectivity index (χ1n) is 10.7. The third-order valence-corrected chi connectivity index (χ3v) is 5.45. The largest absolute Gasteiger partial charge is 0.341 e. The highest BCUT2D eigenvalue weighted by atomic mass is 16.2. The van der Waals surface area contributed by atoms with E-state index in [0.29, 0.717) is 0 Å². The number of anilines is 1. The second kappa shape index (κ2) is 11.1. The van der Waals surface area contributed by atoms with Crippen molar-refractivity contribution in [2.75, 3.05) is 11.4 Å². The Balaban J connectivity index is 1.78. The Morgan fingerprint density at radius 2 is 1.59 bits per heavy atom. The third-order valence-electron chi connectivity index (χ3n) is 5.45. The van der Waals surface area contributed by atoms with E-state index in [1.165, 1.54) is 58.3 Å². The number of hydrogen-bond acceptors (Lipinski definition) is 2. The van der Waals surface area contributed by atoms with Crippen LogP contribution in [0.5, 0.6) is 0 Å². The summed E-state index contributed by atoms with van der Waals surface area (Å²) in [5.74, 6) is -0.160. The normalized spacial score (nSPS) is 15.9. The van der Waals surface area contributed by atoms with Crippen molar-refractivity contribution in [3.63, 3.8) is 0 Å².